The number of nitro groups is 1. The Hall–Kier alpha value is -2.00. The predicted octanol–water partition coefficient (Wildman–Crippen LogP) is 2.69. The van der Waals surface area contributed by atoms with Crippen molar-refractivity contribution in [2.75, 3.05) is 13.1 Å². The van der Waals surface area contributed by atoms with Crippen LogP contribution in [0.3, 0.4) is 0 Å². The number of aryl methyl sites for hydroxylation is 1. The smallest absolute Gasteiger partial charge is 0.270 e. The monoisotopic (exact) mass is 411 g/mol. The first-order valence-corrected chi connectivity index (χ1v) is 9.86. The molecule has 1 heterocycles. The Morgan fingerprint density at radius 2 is 1.85 bits per heavy atom. The van der Waals surface area contributed by atoms with Crippen molar-refractivity contribution in [3.8, 4) is 0 Å². The predicted molar refractivity (Wildman–Crippen MR) is 106 cm³/mol. The van der Waals surface area contributed by atoms with E-state index in [0.29, 0.717) is 12.0 Å². The van der Waals surface area contributed by atoms with E-state index in [-0.39, 0.29) is 48.0 Å². The first kappa shape index (κ1) is 21.3. The van der Waals surface area contributed by atoms with Crippen LogP contribution in [0, 0.1) is 10.1 Å². The number of nitrogens with zero attached hydrogens (tertiary/aromatic N) is 2. The van der Waals surface area contributed by atoms with Gasteiger partial charge in [-0.05, 0) is 17.5 Å². The molecular formula is C18H22ClN3O4S. The molecule has 1 fully saturated rings. The van der Waals surface area contributed by atoms with Crippen LogP contribution in [0.2, 0.25) is 0 Å². The van der Waals surface area contributed by atoms with Gasteiger partial charge in [-0.25, -0.2) is 8.42 Å². The van der Waals surface area contributed by atoms with Gasteiger partial charge in [0, 0.05) is 37.2 Å². The van der Waals surface area contributed by atoms with Crippen LogP contribution >= 0.6 is 12.4 Å². The number of nitrogens with two attached hydrogens (primary N) is 1. The van der Waals surface area contributed by atoms with Gasteiger partial charge in [0.05, 0.1) is 9.82 Å². The number of rotatable bonds is 5. The molecule has 9 heteroatoms. The molecule has 1 aliphatic rings. The Morgan fingerprint density at radius 3 is 2.44 bits per heavy atom. The molecule has 0 amide bonds. The maximum absolute atomic E-state index is 13.2. The number of benzene rings is 2. The minimum absolute atomic E-state index is 0. The van der Waals surface area contributed by atoms with E-state index < -0.39 is 14.9 Å². The van der Waals surface area contributed by atoms with Crippen molar-refractivity contribution < 1.29 is 13.3 Å². The molecule has 0 aliphatic carbocycles. The zero-order chi connectivity index (χ0) is 18.9. The van der Waals surface area contributed by atoms with Gasteiger partial charge < -0.3 is 5.73 Å². The fraction of sp³-hybridized carbons (Fsp3) is 0.333. The third-order valence-corrected chi connectivity index (χ3v) is 6.73. The van der Waals surface area contributed by atoms with Crippen molar-refractivity contribution in [1.29, 1.82) is 0 Å². The Morgan fingerprint density at radius 1 is 1.19 bits per heavy atom. The van der Waals surface area contributed by atoms with Crippen LogP contribution in [0.15, 0.2) is 53.4 Å². The van der Waals surface area contributed by atoms with Crippen LogP contribution in [0.5, 0.6) is 0 Å². The van der Waals surface area contributed by atoms with Gasteiger partial charge in [0.1, 0.15) is 0 Å². The molecule has 2 aromatic rings. The molecule has 3 rings (SSSR count). The number of non-ortho nitro benzene ring substituents is 1. The van der Waals surface area contributed by atoms with Gasteiger partial charge in [0.15, 0.2) is 0 Å². The lowest BCUT2D eigenvalue weighted by Crippen LogP contribution is -2.32. The van der Waals surface area contributed by atoms with Gasteiger partial charge in [0.25, 0.3) is 5.69 Å². The highest BCUT2D eigenvalue weighted by Crippen LogP contribution is 2.32. The van der Waals surface area contributed by atoms with Crippen LogP contribution in [-0.2, 0) is 16.4 Å². The highest BCUT2D eigenvalue weighted by atomic mass is 35.5. The van der Waals surface area contributed by atoms with Crippen molar-refractivity contribution in [2.45, 2.75) is 30.2 Å². The highest BCUT2D eigenvalue weighted by Gasteiger charge is 2.39. The number of sulfonamides is 1. The van der Waals surface area contributed by atoms with Gasteiger partial charge in [-0.15, -0.1) is 12.4 Å². The van der Waals surface area contributed by atoms with Crippen molar-refractivity contribution in [3.05, 3.63) is 69.8 Å². The fourth-order valence-corrected chi connectivity index (χ4v) is 5.19. The Bertz CT molecular complexity index is 921. The third-order valence-electron chi connectivity index (χ3n) is 4.82. The zero-order valence-corrected chi connectivity index (χ0v) is 16.4. The fourth-order valence-electron chi connectivity index (χ4n) is 3.37. The number of halogens is 1. The molecule has 146 valence electrons. The van der Waals surface area contributed by atoms with E-state index in [1.165, 1.54) is 16.4 Å². The first-order valence-electron chi connectivity index (χ1n) is 8.42. The maximum Gasteiger partial charge on any atom is 0.270 e. The Balaban J connectivity index is 0.00000261. The van der Waals surface area contributed by atoms with Gasteiger partial charge in [-0.3, -0.25) is 10.1 Å². The van der Waals surface area contributed by atoms with Crippen molar-refractivity contribution >= 4 is 28.1 Å². The maximum atomic E-state index is 13.2. The first-order chi connectivity index (χ1) is 12.3. The molecule has 7 nitrogen and oxygen atoms in total. The van der Waals surface area contributed by atoms with E-state index in [2.05, 4.69) is 0 Å². The zero-order valence-electron chi connectivity index (χ0n) is 14.8. The van der Waals surface area contributed by atoms with Gasteiger partial charge in [-0.1, -0.05) is 43.3 Å². The minimum atomic E-state index is -3.86. The lowest BCUT2D eigenvalue weighted by Gasteiger charge is -2.18. The highest BCUT2D eigenvalue weighted by molar-refractivity contribution is 7.89. The lowest BCUT2D eigenvalue weighted by atomic mass is 9.95. The van der Waals surface area contributed by atoms with Crippen molar-refractivity contribution in [2.24, 2.45) is 5.73 Å². The van der Waals surface area contributed by atoms with E-state index in [4.69, 9.17) is 5.73 Å². The van der Waals surface area contributed by atoms with Crippen LogP contribution in [0.25, 0.3) is 0 Å². The molecule has 0 spiro atoms. The van der Waals surface area contributed by atoms with Crippen LogP contribution in [0.1, 0.15) is 24.0 Å². The van der Waals surface area contributed by atoms with Crippen molar-refractivity contribution in [1.82, 2.24) is 4.31 Å². The topological polar surface area (TPSA) is 107 Å². The second-order valence-corrected chi connectivity index (χ2v) is 8.31. The van der Waals surface area contributed by atoms with E-state index in [1.54, 1.807) is 0 Å². The van der Waals surface area contributed by atoms with Crippen LogP contribution < -0.4 is 5.73 Å². The molecule has 1 saturated heterocycles. The van der Waals surface area contributed by atoms with E-state index in [9.17, 15) is 18.5 Å². The van der Waals surface area contributed by atoms with Crippen LogP contribution in [0.4, 0.5) is 5.69 Å². The quantitative estimate of drug-likeness (QED) is 0.601. The molecule has 27 heavy (non-hydrogen) atoms. The normalized spacial score (nSPS) is 20.2. The molecule has 2 aromatic carbocycles. The van der Waals surface area contributed by atoms with E-state index >= 15 is 0 Å². The summed E-state index contributed by atoms with van der Waals surface area (Å²) in [6.07, 6.45) is 0.467. The second kappa shape index (κ2) is 8.35. The summed E-state index contributed by atoms with van der Waals surface area (Å²) in [5, 5.41) is 11.1. The summed E-state index contributed by atoms with van der Waals surface area (Å²) in [5.74, 6) is -0.102. The van der Waals surface area contributed by atoms with E-state index in [1.807, 2.05) is 37.3 Å². The molecule has 1 aliphatic heterocycles. The molecule has 2 N–H and O–H groups in total. The lowest BCUT2D eigenvalue weighted by molar-refractivity contribution is -0.385. The average Bonchev–Trinajstić information content (AvgIpc) is 3.04. The summed E-state index contributed by atoms with van der Waals surface area (Å²) in [4.78, 5) is 10.5. The Labute approximate surface area is 164 Å². The molecule has 0 saturated carbocycles. The third kappa shape index (κ3) is 4.14. The summed E-state index contributed by atoms with van der Waals surface area (Å²) in [6, 6.07) is 13.2. The minimum Gasteiger partial charge on any atom is -0.326 e. The van der Waals surface area contributed by atoms with E-state index in [0.717, 1.165) is 11.6 Å². The molecule has 0 radical (unpaired) electrons. The number of hydrogen-bond acceptors (Lipinski definition) is 5. The number of hydrogen-bond donors (Lipinski definition) is 1. The molecule has 0 bridgehead atoms. The Kier molecular flexibility index (Phi) is 6.59. The van der Waals surface area contributed by atoms with Gasteiger partial charge in [-0.2, -0.15) is 4.31 Å². The largest absolute Gasteiger partial charge is 0.326 e. The van der Waals surface area contributed by atoms with Crippen molar-refractivity contribution in [3.63, 3.8) is 0 Å². The summed E-state index contributed by atoms with van der Waals surface area (Å²) in [7, 11) is -3.86. The van der Waals surface area contributed by atoms with Crippen LogP contribution in [-0.4, -0.2) is 36.8 Å². The van der Waals surface area contributed by atoms with Gasteiger partial charge >= 0.3 is 0 Å². The summed E-state index contributed by atoms with van der Waals surface area (Å²) in [5.41, 5.74) is 7.53. The second-order valence-electron chi connectivity index (χ2n) is 6.41. The SMILES string of the molecule is CCc1ccc([N+](=O)[O-])cc1S(=O)(=O)N1C[C@@H](N)[C@H](c2ccccc2)C1.Cl. The number of nitro benzene ring substituents is 1. The molecule has 0 aromatic heterocycles. The molecule has 0 unspecified atom stereocenters. The summed E-state index contributed by atoms with van der Waals surface area (Å²) >= 11 is 0. The van der Waals surface area contributed by atoms with Gasteiger partial charge in [0.2, 0.25) is 10.0 Å². The standard InChI is InChI=1S/C18H21N3O4S.ClH/c1-2-13-8-9-15(21(22)23)10-18(13)26(24,25)20-11-16(17(19)12-20)14-6-4-3-5-7-14;/h3-10,16-17H,2,11-12,19H2,1H3;1H/t16-,17+;/m0./s1. The molecular weight excluding hydrogens is 390 g/mol. The average molecular weight is 412 g/mol. The summed E-state index contributed by atoms with van der Waals surface area (Å²) < 4.78 is 27.7. The summed E-state index contributed by atoms with van der Waals surface area (Å²) in [6.45, 7) is 2.27. The molecule has 2 atom stereocenters.